The summed E-state index contributed by atoms with van der Waals surface area (Å²) in [6.45, 7) is 8.33. The van der Waals surface area contributed by atoms with Crippen LogP contribution in [0, 0.1) is 0 Å². The van der Waals surface area contributed by atoms with Gasteiger partial charge in [0.15, 0.2) is 0 Å². The molecule has 9 heteroatoms. The fourth-order valence-corrected chi connectivity index (χ4v) is 6.06. The second-order valence-corrected chi connectivity index (χ2v) is 11.5. The molecule has 1 aliphatic heterocycles. The van der Waals surface area contributed by atoms with Gasteiger partial charge in [-0.3, -0.25) is 19.2 Å². The van der Waals surface area contributed by atoms with E-state index in [1.165, 1.54) is 7.11 Å². The lowest BCUT2D eigenvalue weighted by Crippen LogP contribution is -2.51. The molecule has 2 aliphatic rings. The van der Waals surface area contributed by atoms with Gasteiger partial charge in [0.25, 0.3) is 5.12 Å². The first-order valence-corrected chi connectivity index (χ1v) is 12.1. The second-order valence-electron chi connectivity index (χ2n) is 10.3. The molecule has 1 amide bonds. The topological polar surface area (TPSA) is 55.8 Å². The average Bonchev–Trinajstić information content (AvgIpc) is 2.98. The van der Waals surface area contributed by atoms with E-state index in [1.54, 1.807) is 42.5 Å². The predicted molar refractivity (Wildman–Crippen MR) is 128 cm³/mol. The van der Waals surface area contributed by atoms with Gasteiger partial charge in [-0.05, 0) is 64.3 Å². The van der Waals surface area contributed by atoms with Gasteiger partial charge >= 0.3 is 12.3 Å². The molecular formula is C26H28F3NO4S. The number of amides is 1. The van der Waals surface area contributed by atoms with E-state index in [1.807, 2.05) is 0 Å². The lowest BCUT2D eigenvalue weighted by Gasteiger charge is -2.43. The molecule has 0 aromatic heterocycles. The summed E-state index contributed by atoms with van der Waals surface area (Å²) < 4.78 is 51.5. The van der Waals surface area contributed by atoms with Crippen molar-refractivity contribution in [3.63, 3.8) is 0 Å². The first kappa shape index (κ1) is 25.6. The Morgan fingerprint density at radius 2 is 1.54 bits per heavy atom. The van der Waals surface area contributed by atoms with Gasteiger partial charge in [0.2, 0.25) is 5.06 Å². The van der Waals surface area contributed by atoms with Crippen LogP contribution in [0.1, 0.15) is 57.2 Å². The minimum absolute atomic E-state index is 0.0838. The third-order valence-electron chi connectivity index (χ3n) is 6.91. The van der Waals surface area contributed by atoms with E-state index in [0.717, 1.165) is 28.9 Å². The molecule has 1 heterocycles. The van der Waals surface area contributed by atoms with Crippen molar-refractivity contribution in [1.82, 2.24) is 0 Å². The summed E-state index contributed by atoms with van der Waals surface area (Å²) >= 11 is 0.242. The number of hydrogen-bond acceptors (Lipinski definition) is 5. The van der Waals surface area contributed by atoms with Gasteiger partial charge in [-0.1, -0.05) is 58.0 Å². The number of hydrogen-bond donors (Lipinski definition) is 0. The number of alkyl halides is 3. The first-order valence-electron chi connectivity index (χ1n) is 11.3. The number of benzene rings is 2. The summed E-state index contributed by atoms with van der Waals surface area (Å²) in [4.78, 5) is 26.7. The van der Waals surface area contributed by atoms with Gasteiger partial charge in [0.1, 0.15) is 5.75 Å². The summed E-state index contributed by atoms with van der Waals surface area (Å²) in [5.41, 5.74) is 1.99. The van der Waals surface area contributed by atoms with E-state index in [9.17, 15) is 22.8 Å². The summed E-state index contributed by atoms with van der Waals surface area (Å²) in [7, 11) is 1.39. The van der Waals surface area contributed by atoms with Crippen molar-refractivity contribution >= 4 is 28.5 Å². The lowest BCUT2D eigenvalue weighted by molar-refractivity contribution is -0.348. The Morgan fingerprint density at radius 1 is 0.971 bits per heavy atom. The second kappa shape index (κ2) is 8.55. The molecule has 1 saturated heterocycles. The predicted octanol–water partition coefficient (Wildman–Crippen LogP) is 6.08. The zero-order valence-electron chi connectivity index (χ0n) is 20.3. The van der Waals surface area contributed by atoms with Crippen LogP contribution in [0.4, 0.5) is 18.9 Å². The molecule has 4 rings (SSSR count). The lowest BCUT2D eigenvalue weighted by atomic mass is 9.63. The molecule has 35 heavy (non-hydrogen) atoms. The Morgan fingerprint density at radius 3 is 2.09 bits per heavy atom. The van der Waals surface area contributed by atoms with Crippen molar-refractivity contribution in [2.45, 2.75) is 69.2 Å². The molecule has 1 fully saturated rings. The van der Waals surface area contributed by atoms with E-state index < -0.39 is 22.4 Å². The number of anilines is 1. The molecular weight excluding hydrogens is 479 g/mol. The third-order valence-corrected chi connectivity index (χ3v) is 8.00. The maximum absolute atomic E-state index is 13.8. The minimum Gasteiger partial charge on any atom is -0.495 e. The van der Waals surface area contributed by atoms with E-state index in [4.69, 9.17) is 4.74 Å². The van der Waals surface area contributed by atoms with Crippen LogP contribution in [-0.4, -0.2) is 29.6 Å². The van der Waals surface area contributed by atoms with Crippen LogP contribution in [0.2, 0.25) is 0 Å². The maximum atomic E-state index is 13.8. The molecule has 188 valence electrons. The summed E-state index contributed by atoms with van der Waals surface area (Å²) in [6, 6.07) is 11.8. The van der Waals surface area contributed by atoms with Crippen molar-refractivity contribution in [3.05, 3.63) is 59.2 Å². The average molecular weight is 508 g/mol. The Bertz CT molecular complexity index is 1160. The number of fused-ring (bicyclic) bond motifs is 1. The maximum Gasteiger partial charge on any atom is 0.525 e. The van der Waals surface area contributed by atoms with E-state index in [2.05, 4.69) is 32.4 Å². The molecule has 0 bridgehead atoms. The number of rotatable bonds is 5. The van der Waals surface area contributed by atoms with Gasteiger partial charge in [-0.25, -0.2) is 0 Å². The Hall–Kier alpha value is -2.52. The highest BCUT2D eigenvalue weighted by molar-refractivity contribution is 8.17. The molecule has 5 nitrogen and oxygen atoms in total. The van der Waals surface area contributed by atoms with Gasteiger partial charge in [-0.2, -0.15) is 0 Å². The number of carbonyl (C=O) groups excluding carboxylic acids is 2. The number of thioether (sulfide) groups is 1. The summed E-state index contributed by atoms with van der Waals surface area (Å²) in [5.74, 6) is -0.873. The number of halogens is 3. The zero-order valence-corrected chi connectivity index (χ0v) is 21.1. The van der Waals surface area contributed by atoms with Crippen LogP contribution in [0.25, 0.3) is 0 Å². The molecule has 1 atom stereocenters. The van der Waals surface area contributed by atoms with Crippen molar-refractivity contribution < 1.29 is 32.2 Å². The minimum atomic E-state index is -5.10. The Kier molecular flexibility index (Phi) is 6.25. The molecule has 2 aromatic carbocycles. The molecule has 1 unspecified atom stereocenters. The van der Waals surface area contributed by atoms with Crippen molar-refractivity contribution in [2.75, 3.05) is 12.0 Å². The molecule has 2 aromatic rings. The standard InChI is InChI=1S/C26H28F3NO4S/c1-23(2)11-12-24(3,4)18-14-20(33-5)19(13-17(18)23)30-21(31)22(32)35-25(30,34-26(27,28)29)15-16-9-7-6-8-10-16/h6-10,13-14H,11-12,15H2,1-5H3. The number of carbonyl (C=O) groups is 2. The Balaban J connectivity index is 1.96. The normalized spacial score (nSPS) is 23.4. The van der Waals surface area contributed by atoms with Gasteiger partial charge in [0.05, 0.1) is 12.8 Å². The monoisotopic (exact) mass is 507 g/mol. The zero-order chi connectivity index (χ0) is 25.8. The van der Waals surface area contributed by atoms with Crippen LogP contribution in [0.3, 0.4) is 0 Å². The molecule has 0 saturated carbocycles. The third kappa shape index (κ3) is 4.68. The van der Waals surface area contributed by atoms with Crippen molar-refractivity contribution in [1.29, 1.82) is 0 Å². The van der Waals surface area contributed by atoms with Gasteiger partial charge in [-0.15, -0.1) is 13.2 Å². The van der Waals surface area contributed by atoms with Crippen LogP contribution in [-0.2, 0) is 31.6 Å². The van der Waals surface area contributed by atoms with Crippen LogP contribution < -0.4 is 9.64 Å². The summed E-state index contributed by atoms with van der Waals surface area (Å²) in [5, 5.41) is -3.38. The fraction of sp³-hybridized carbons (Fsp3) is 0.462. The molecule has 1 aliphatic carbocycles. The molecule has 0 N–H and O–H groups in total. The number of methoxy groups -OCH3 is 1. The van der Waals surface area contributed by atoms with Crippen molar-refractivity contribution in [3.8, 4) is 5.75 Å². The highest BCUT2D eigenvalue weighted by Gasteiger charge is 2.59. The highest BCUT2D eigenvalue weighted by Crippen LogP contribution is 2.53. The molecule has 0 spiro atoms. The largest absolute Gasteiger partial charge is 0.525 e. The first-order chi connectivity index (χ1) is 16.2. The van der Waals surface area contributed by atoms with E-state index >= 15 is 0 Å². The summed E-state index contributed by atoms with van der Waals surface area (Å²) in [6.07, 6.45) is -3.69. The van der Waals surface area contributed by atoms with Crippen molar-refractivity contribution in [2.24, 2.45) is 0 Å². The van der Waals surface area contributed by atoms with Gasteiger partial charge < -0.3 is 4.74 Å². The van der Waals surface area contributed by atoms with Gasteiger partial charge in [0, 0.05) is 6.42 Å². The van der Waals surface area contributed by atoms with Crippen LogP contribution in [0.15, 0.2) is 42.5 Å². The van der Waals surface area contributed by atoms with Crippen LogP contribution in [0.5, 0.6) is 5.75 Å². The van der Waals surface area contributed by atoms with E-state index in [-0.39, 0.29) is 40.4 Å². The molecule has 0 radical (unpaired) electrons. The van der Waals surface area contributed by atoms with Crippen LogP contribution >= 0.6 is 11.8 Å². The Labute approximate surface area is 207 Å². The number of nitrogens with zero attached hydrogens (tertiary/aromatic N) is 1. The highest BCUT2D eigenvalue weighted by atomic mass is 32.2. The van der Waals surface area contributed by atoms with E-state index in [0.29, 0.717) is 5.56 Å². The smallest absolute Gasteiger partial charge is 0.495 e. The number of ether oxygens (including phenoxy) is 2. The SMILES string of the molecule is COc1cc2c(cc1N1C(=O)C(=O)SC1(Cc1ccccc1)OC(F)(F)F)C(C)(C)CCC2(C)C. The fourth-order valence-electron chi connectivity index (χ4n) is 4.95. The quantitative estimate of drug-likeness (QED) is 0.459.